The van der Waals surface area contributed by atoms with Crippen molar-refractivity contribution in [2.24, 2.45) is 0 Å². The van der Waals surface area contributed by atoms with Crippen LogP contribution in [0.4, 0.5) is 4.39 Å². The molecule has 2 nitrogen and oxygen atoms in total. The van der Waals surface area contributed by atoms with Crippen LogP contribution in [0.15, 0.2) is 10.7 Å². The van der Waals surface area contributed by atoms with Gasteiger partial charge in [0.05, 0.1) is 4.47 Å². The Kier molecular flexibility index (Phi) is 3.15. The minimum Gasteiger partial charge on any atom is -0.236 e. The molecule has 0 aromatic carbocycles. The molecule has 12 heavy (non-hydrogen) atoms. The van der Waals surface area contributed by atoms with Crippen LogP contribution in [0.25, 0.3) is 0 Å². The summed E-state index contributed by atoms with van der Waals surface area (Å²) in [7, 11) is 0. The fraction of sp³-hybridized carbons (Fsp3) is 0.200. The molecule has 0 saturated heterocycles. The molecule has 0 atom stereocenters. The zero-order valence-electron chi connectivity index (χ0n) is 5.36. The number of hydrogen-bond acceptors (Lipinski definition) is 2. The van der Waals surface area contributed by atoms with E-state index >= 15 is 0 Å². The summed E-state index contributed by atoms with van der Waals surface area (Å²) in [6.07, 6.45) is 1.18. The topological polar surface area (TPSA) is 25.8 Å². The molecule has 0 spiro atoms. The SMILES string of the molecule is Fc1nc(C(Cl)(Cl)Cl)ncc1Br. The lowest BCUT2D eigenvalue weighted by molar-refractivity contribution is 0.563. The summed E-state index contributed by atoms with van der Waals surface area (Å²) < 4.78 is 11.1. The van der Waals surface area contributed by atoms with Crippen LogP contribution in [-0.2, 0) is 3.79 Å². The van der Waals surface area contributed by atoms with Crippen LogP contribution >= 0.6 is 50.7 Å². The summed E-state index contributed by atoms with van der Waals surface area (Å²) in [5.74, 6) is -0.945. The van der Waals surface area contributed by atoms with Crippen LogP contribution in [0, 0.1) is 5.95 Å². The highest BCUT2D eigenvalue weighted by Gasteiger charge is 2.27. The smallest absolute Gasteiger partial charge is 0.236 e. The van der Waals surface area contributed by atoms with E-state index in [1.165, 1.54) is 6.20 Å². The molecule has 0 unspecified atom stereocenters. The molecular weight excluding hydrogens is 293 g/mol. The average Bonchev–Trinajstić information content (AvgIpc) is 1.92. The van der Waals surface area contributed by atoms with Crippen molar-refractivity contribution in [3.05, 3.63) is 22.4 Å². The lowest BCUT2D eigenvalue weighted by atomic mass is 10.6. The predicted octanol–water partition coefficient (Wildman–Crippen LogP) is 3.20. The number of halogens is 5. The second-order valence-corrected chi connectivity index (χ2v) is 4.97. The monoisotopic (exact) mass is 292 g/mol. The van der Waals surface area contributed by atoms with Gasteiger partial charge in [-0.2, -0.15) is 9.37 Å². The van der Waals surface area contributed by atoms with Gasteiger partial charge in [0, 0.05) is 6.20 Å². The third-order valence-electron chi connectivity index (χ3n) is 0.955. The van der Waals surface area contributed by atoms with Crippen LogP contribution in [0.5, 0.6) is 0 Å². The molecule has 0 aliphatic rings. The molecule has 1 aromatic heterocycles. The minimum atomic E-state index is -1.79. The molecule has 1 aromatic rings. The third-order valence-corrected chi connectivity index (χ3v) is 1.99. The van der Waals surface area contributed by atoms with Gasteiger partial charge in [-0.05, 0) is 15.9 Å². The van der Waals surface area contributed by atoms with Gasteiger partial charge in [0.2, 0.25) is 9.74 Å². The number of hydrogen-bond donors (Lipinski definition) is 0. The molecule has 7 heteroatoms. The van der Waals surface area contributed by atoms with Crippen LogP contribution in [-0.4, -0.2) is 9.97 Å². The molecule has 0 radical (unpaired) electrons. The van der Waals surface area contributed by atoms with E-state index < -0.39 is 9.74 Å². The molecule has 0 N–H and O–H groups in total. The molecule has 0 amide bonds. The first-order valence-electron chi connectivity index (χ1n) is 2.66. The van der Waals surface area contributed by atoms with E-state index in [2.05, 4.69) is 25.9 Å². The summed E-state index contributed by atoms with van der Waals surface area (Å²) in [5.41, 5.74) is 0. The lowest BCUT2D eigenvalue weighted by Gasteiger charge is -2.07. The summed E-state index contributed by atoms with van der Waals surface area (Å²) in [5, 5.41) is 0. The van der Waals surface area contributed by atoms with Crippen molar-refractivity contribution in [3.8, 4) is 0 Å². The van der Waals surface area contributed by atoms with E-state index in [-0.39, 0.29) is 10.3 Å². The molecule has 0 aliphatic heterocycles. The van der Waals surface area contributed by atoms with Gasteiger partial charge >= 0.3 is 0 Å². The molecule has 1 rings (SSSR count). The van der Waals surface area contributed by atoms with E-state index in [0.717, 1.165) is 0 Å². The molecular formula is C5HBrCl3FN2. The standard InChI is InChI=1S/C5HBrCl3FN2/c6-2-1-11-4(5(7,8)9)12-3(2)10/h1H. The quantitative estimate of drug-likeness (QED) is 0.542. The van der Waals surface area contributed by atoms with Gasteiger partial charge < -0.3 is 0 Å². The number of rotatable bonds is 0. The summed E-state index contributed by atoms with van der Waals surface area (Å²) in [4.78, 5) is 6.94. The highest BCUT2D eigenvalue weighted by Crippen LogP contribution is 2.35. The third kappa shape index (κ3) is 2.42. The van der Waals surface area contributed by atoms with Gasteiger partial charge in [0.15, 0.2) is 5.82 Å². The van der Waals surface area contributed by atoms with Gasteiger partial charge in [0.25, 0.3) is 0 Å². The summed E-state index contributed by atoms with van der Waals surface area (Å²) in [6, 6.07) is 0. The molecule has 0 saturated carbocycles. The minimum absolute atomic E-state index is 0.125. The summed E-state index contributed by atoms with van der Waals surface area (Å²) in [6.45, 7) is 0. The molecule has 0 bridgehead atoms. The normalized spacial score (nSPS) is 11.8. The molecule has 1 heterocycles. The van der Waals surface area contributed by atoms with E-state index in [0.29, 0.717) is 0 Å². The van der Waals surface area contributed by atoms with Crippen LogP contribution in [0.2, 0.25) is 0 Å². The van der Waals surface area contributed by atoms with Crippen molar-refractivity contribution in [2.75, 3.05) is 0 Å². The fourth-order valence-corrected chi connectivity index (χ4v) is 0.947. The Morgan fingerprint density at radius 1 is 1.42 bits per heavy atom. The van der Waals surface area contributed by atoms with Crippen molar-refractivity contribution >= 4 is 50.7 Å². The maximum Gasteiger partial charge on any atom is 0.250 e. The van der Waals surface area contributed by atoms with E-state index in [1.54, 1.807) is 0 Å². The van der Waals surface area contributed by atoms with Crippen LogP contribution in [0.1, 0.15) is 5.82 Å². The first kappa shape index (κ1) is 10.4. The van der Waals surface area contributed by atoms with Crippen molar-refractivity contribution in [1.82, 2.24) is 9.97 Å². The maximum atomic E-state index is 12.7. The summed E-state index contributed by atoms with van der Waals surface area (Å²) >= 11 is 19.1. The lowest BCUT2D eigenvalue weighted by Crippen LogP contribution is -2.08. The second kappa shape index (κ2) is 3.62. The molecule has 66 valence electrons. The van der Waals surface area contributed by atoms with Crippen molar-refractivity contribution in [1.29, 1.82) is 0 Å². The average molecular weight is 294 g/mol. The predicted molar refractivity (Wildman–Crippen MR) is 48.9 cm³/mol. The first-order chi connectivity index (χ1) is 5.41. The van der Waals surface area contributed by atoms with E-state index in [9.17, 15) is 4.39 Å². The van der Waals surface area contributed by atoms with Crippen molar-refractivity contribution in [2.45, 2.75) is 3.79 Å². The van der Waals surface area contributed by atoms with Gasteiger partial charge in [-0.3, -0.25) is 0 Å². The maximum absolute atomic E-state index is 12.7. The van der Waals surface area contributed by atoms with Gasteiger partial charge in [0.1, 0.15) is 0 Å². The van der Waals surface area contributed by atoms with Crippen molar-refractivity contribution < 1.29 is 4.39 Å². The number of aromatic nitrogens is 2. The number of alkyl halides is 3. The second-order valence-electron chi connectivity index (χ2n) is 1.83. The van der Waals surface area contributed by atoms with E-state index in [1.807, 2.05) is 0 Å². The van der Waals surface area contributed by atoms with Crippen LogP contribution in [0.3, 0.4) is 0 Å². The van der Waals surface area contributed by atoms with Gasteiger partial charge in [-0.1, -0.05) is 34.8 Å². The Balaban J connectivity index is 3.14. The highest BCUT2D eigenvalue weighted by atomic mass is 79.9. The Morgan fingerprint density at radius 3 is 2.42 bits per heavy atom. The van der Waals surface area contributed by atoms with Gasteiger partial charge in [-0.15, -0.1) is 0 Å². The zero-order chi connectivity index (χ0) is 9.35. The Bertz CT molecular complexity index is 301. The van der Waals surface area contributed by atoms with Crippen LogP contribution < -0.4 is 0 Å². The molecule has 0 fully saturated rings. The number of nitrogens with zero attached hydrogens (tertiary/aromatic N) is 2. The van der Waals surface area contributed by atoms with E-state index in [4.69, 9.17) is 34.8 Å². The Morgan fingerprint density at radius 2 is 2.00 bits per heavy atom. The largest absolute Gasteiger partial charge is 0.250 e. The Hall–Kier alpha value is 0.360. The fourth-order valence-electron chi connectivity index (χ4n) is 0.483. The highest BCUT2D eigenvalue weighted by molar-refractivity contribution is 9.10. The first-order valence-corrected chi connectivity index (χ1v) is 4.59. The molecule has 0 aliphatic carbocycles. The zero-order valence-corrected chi connectivity index (χ0v) is 9.22. The Labute approximate surface area is 91.2 Å². The van der Waals surface area contributed by atoms with Gasteiger partial charge in [-0.25, -0.2) is 4.98 Å². The van der Waals surface area contributed by atoms with Crippen molar-refractivity contribution in [3.63, 3.8) is 0 Å².